The van der Waals surface area contributed by atoms with Crippen molar-refractivity contribution in [3.8, 4) is 0 Å². The molecule has 0 aromatic heterocycles. The molecule has 0 aromatic rings. The molecule has 10 heavy (non-hydrogen) atoms. The van der Waals surface area contributed by atoms with Gasteiger partial charge in [0.15, 0.2) is 0 Å². The van der Waals surface area contributed by atoms with Crippen molar-refractivity contribution in [2.45, 2.75) is 32.7 Å². The molecule has 0 saturated carbocycles. The van der Waals surface area contributed by atoms with Crippen LogP contribution in [0.4, 0.5) is 0 Å². The Kier molecular flexibility index (Phi) is 2.32. The van der Waals surface area contributed by atoms with Crippen molar-refractivity contribution in [3.05, 3.63) is 0 Å². The zero-order valence-electron chi connectivity index (χ0n) is 6.89. The van der Waals surface area contributed by atoms with Gasteiger partial charge in [0.2, 0.25) is 0 Å². The lowest BCUT2D eigenvalue weighted by Crippen LogP contribution is -2.43. The summed E-state index contributed by atoms with van der Waals surface area (Å²) in [5.74, 6) is 0. The summed E-state index contributed by atoms with van der Waals surface area (Å²) in [6, 6.07) is 0.369. The first-order chi connectivity index (χ1) is 4.66. The third-order valence-corrected chi connectivity index (χ3v) is 2.18. The van der Waals surface area contributed by atoms with Crippen LogP contribution in [-0.4, -0.2) is 19.3 Å². The van der Waals surface area contributed by atoms with Crippen molar-refractivity contribution in [2.75, 3.05) is 13.2 Å². The fourth-order valence-electron chi connectivity index (χ4n) is 1.35. The van der Waals surface area contributed by atoms with Gasteiger partial charge in [0.1, 0.15) is 0 Å². The average Bonchev–Trinajstić information content (AvgIpc) is 1.84. The Bertz CT molecular complexity index is 110. The van der Waals surface area contributed by atoms with E-state index in [1.807, 2.05) is 0 Å². The Hall–Kier alpha value is -0.0800. The van der Waals surface area contributed by atoms with Crippen LogP contribution < -0.4 is 5.73 Å². The minimum atomic E-state index is 0.369. The molecule has 0 aliphatic carbocycles. The number of hydrogen-bond acceptors (Lipinski definition) is 2. The summed E-state index contributed by atoms with van der Waals surface area (Å²) in [6.07, 6.45) is 2.19. The molecule has 1 unspecified atom stereocenters. The predicted molar refractivity (Wildman–Crippen MR) is 41.8 cm³/mol. The van der Waals surface area contributed by atoms with E-state index < -0.39 is 0 Å². The van der Waals surface area contributed by atoms with Crippen LogP contribution in [-0.2, 0) is 4.74 Å². The second kappa shape index (κ2) is 2.89. The topological polar surface area (TPSA) is 35.2 Å². The molecule has 1 saturated heterocycles. The van der Waals surface area contributed by atoms with Crippen LogP contribution in [0.15, 0.2) is 0 Å². The van der Waals surface area contributed by atoms with E-state index in [0.717, 1.165) is 26.1 Å². The third-order valence-electron chi connectivity index (χ3n) is 2.18. The summed E-state index contributed by atoms with van der Waals surface area (Å²) in [5.41, 5.74) is 6.21. The molecule has 2 heteroatoms. The molecule has 1 fully saturated rings. The SMILES string of the molecule is CCC(N)CC1(C)COC1. The van der Waals surface area contributed by atoms with Gasteiger partial charge in [0.05, 0.1) is 13.2 Å². The molecule has 2 N–H and O–H groups in total. The Morgan fingerprint density at radius 3 is 2.50 bits per heavy atom. The summed E-state index contributed by atoms with van der Waals surface area (Å²) in [5, 5.41) is 0. The summed E-state index contributed by atoms with van der Waals surface area (Å²) in [6.45, 7) is 6.18. The third kappa shape index (κ3) is 1.70. The van der Waals surface area contributed by atoms with Crippen LogP contribution in [0.3, 0.4) is 0 Å². The first kappa shape index (κ1) is 8.02. The molecule has 1 rings (SSSR count). The van der Waals surface area contributed by atoms with E-state index >= 15 is 0 Å². The largest absolute Gasteiger partial charge is 0.380 e. The highest BCUT2D eigenvalue weighted by molar-refractivity contribution is 4.84. The molecule has 0 amide bonds. The fourth-order valence-corrected chi connectivity index (χ4v) is 1.35. The molecular weight excluding hydrogens is 126 g/mol. The van der Waals surface area contributed by atoms with E-state index in [-0.39, 0.29) is 0 Å². The summed E-state index contributed by atoms with van der Waals surface area (Å²) >= 11 is 0. The van der Waals surface area contributed by atoms with Gasteiger partial charge in [-0.3, -0.25) is 0 Å². The molecule has 1 aliphatic heterocycles. The van der Waals surface area contributed by atoms with Gasteiger partial charge in [-0.05, 0) is 12.8 Å². The summed E-state index contributed by atoms with van der Waals surface area (Å²) < 4.78 is 5.13. The molecule has 0 aromatic carbocycles. The summed E-state index contributed by atoms with van der Waals surface area (Å²) in [7, 11) is 0. The lowest BCUT2D eigenvalue weighted by Gasteiger charge is -2.39. The van der Waals surface area contributed by atoms with Crippen molar-refractivity contribution in [1.82, 2.24) is 0 Å². The molecule has 0 radical (unpaired) electrons. The molecule has 1 atom stereocenters. The van der Waals surface area contributed by atoms with Gasteiger partial charge in [0, 0.05) is 11.5 Å². The Labute approximate surface area is 62.7 Å². The van der Waals surface area contributed by atoms with Crippen LogP contribution in [0.25, 0.3) is 0 Å². The number of ether oxygens (including phenoxy) is 1. The fraction of sp³-hybridized carbons (Fsp3) is 1.00. The second-order valence-corrected chi connectivity index (χ2v) is 3.68. The number of rotatable bonds is 3. The minimum absolute atomic E-state index is 0.369. The lowest BCUT2D eigenvalue weighted by molar-refractivity contribution is -0.108. The normalized spacial score (nSPS) is 25.5. The zero-order chi connectivity index (χ0) is 7.61. The molecule has 2 nitrogen and oxygen atoms in total. The minimum Gasteiger partial charge on any atom is -0.380 e. The van der Waals surface area contributed by atoms with Crippen LogP contribution in [0.5, 0.6) is 0 Å². The second-order valence-electron chi connectivity index (χ2n) is 3.68. The lowest BCUT2D eigenvalue weighted by atomic mass is 9.81. The predicted octanol–water partition coefficient (Wildman–Crippen LogP) is 1.15. The van der Waals surface area contributed by atoms with E-state index in [2.05, 4.69) is 13.8 Å². The van der Waals surface area contributed by atoms with Crippen molar-refractivity contribution < 1.29 is 4.74 Å². The van der Waals surface area contributed by atoms with E-state index in [4.69, 9.17) is 10.5 Å². The van der Waals surface area contributed by atoms with Crippen molar-refractivity contribution in [2.24, 2.45) is 11.1 Å². The highest BCUT2D eigenvalue weighted by atomic mass is 16.5. The van der Waals surface area contributed by atoms with Gasteiger partial charge in [-0.15, -0.1) is 0 Å². The molecule has 1 heterocycles. The standard InChI is InChI=1S/C8H17NO/c1-3-7(9)4-8(2)5-10-6-8/h7H,3-6,9H2,1-2H3. The molecule has 0 spiro atoms. The quantitative estimate of drug-likeness (QED) is 0.643. The van der Waals surface area contributed by atoms with Gasteiger partial charge in [-0.25, -0.2) is 0 Å². The van der Waals surface area contributed by atoms with E-state index in [1.54, 1.807) is 0 Å². The maximum absolute atomic E-state index is 5.81. The highest BCUT2D eigenvalue weighted by Gasteiger charge is 2.34. The van der Waals surface area contributed by atoms with Gasteiger partial charge in [-0.1, -0.05) is 13.8 Å². The van der Waals surface area contributed by atoms with Crippen molar-refractivity contribution in [1.29, 1.82) is 0 Å². The Balaban J connectivity index is 2.22. The van der Waals surface area contributed by atoms with Gasteiger partial charge < -0.3 is 10.5 Å². The van der Waals surface area contributed by atoms with E-state index in [0.29, 0.717) is 11.5 Å². The molecule has 1 aliphatic rings. The van der Waals surface area contributed by atoms with Crippen LogP contribution in [0.2, 0.25) is 0 Å². The first-order valence-electron chi connectivity index (χ1n) is 3.99. The van der Waals surface area contributed by atoms with Gasteiger partial charge in [-0.2, -0.15) is 0 Å². The highest BCUT2D eigenvalue weighted by Crippen LogP contribution is 2.31. The maximum atomic E-state index is 5.81. The Morgan fingerprint density at radius 2 is 2.20 bits per heavy atom. The van der Waals surface area contributed by atoms with E-state index in [1.165, 1.54) is 0 Å². The van der Waals surface area contributed by atoms with Crippen LogP contribution in [0, 0.1) is 5.41 Å². The maximum Gasteiger partial charge on any atom is 0.0542 e. The summed E-state index contributed by atoms with van der Waals surface area (Å²) in [4.78, 5) is 0. The molecule has 0 bridgehead atoms. The Morgan fingerprint density at radius 1 is 1.60 bits per heavy atom. The average molecular weight is 143 g/mol. The van der Waals surface area contributed by atoms with Crippen LogP contribution in [0.1, 0.15) is 26.7 Å². The molecule has 60 valence electrons. The zero-order valence-corrected chi connectivity index (χ0v) is 6.89. The monoisotopic (exact) mass is 143 g/mol. The van der Waals surface area contributed by atoms with Gasteiger partial charge in [0.25, 0.3) is 0 Å². The number of nitrogens with two attached hydrogens (primary N) is 1. The van der Waals surface area contributed by atoms with Crippen molar-refractivity contribution in [3.63, 3.8) is 0 Å². The van der Waals surface area contributed by atoms with E-state index in [9.17, 15) is 0 Å². The smallest absolute Gasteiger partial charge is 0.0542 e. The molecular formula is C8H17NO. The number of hydrogen-bond donors (Lipinski definition) is 1. The van der Waals surface area contributed by atoms with Gasteiger partial charge >= 0.3 is 0 Å². The van der Waals surface area contributed by atoms with Crippen molar-refractivity contribution >= 4 is 0 Å². The first-order valence-corrected chi connectivity index (χ1v) is 3.99. The van der Waals surface area contributed by atoms with Crippen LogP contribution >= 0.6 is 0 Å².